The molecule has 0 heterocycles. The van der Waals surface area contributed by atoms with Crippen molar-refractivity contribution in [3.05, 3.63) is 29.8 Å². The zero-order valence-electron chi connectivity index (χ0n) is 10.6. The highest BCUT2D eigenvalue weighted by atomic mass is 19.4. The zero-order chi connectivity index (χ0) is 14.8. The van der Waals surface area contributed by atoms with Crippen molar-refractivity contribution in [2.24, 2.45) is 0 Å². The summed E-state index contributed by atoms with van der Waals surface area (Å²) in [6.45, 7) is -0.178. The van der Waals surface area contributed by atoms with Gasteiger partial charge in [0.25, 0.3) is 0 Å². The van der Waals surface area contributed by atoms with Crippen molar-refractivity contribution in [3.63, 3.8) is 0 Å². The number of rotatable bonds is 3. The first-order valence-electron chi connectivity index (χ1n) is 6.22. The van der Waals surface area contributed by atoms with Crippen molar-refractivity contribution in [3.8, 4) is 0 Å². The molecule has 110 valence electrons. The van der Waals surface area contributed by atoms with E-state index >= 15 is 0 Å². The Labute approximate surface area is 114 Å². The number of aliphatic hydroxyl groups excluding tert-OH is 1. The lowest BCUT2D eigenvalue weighted by Gasteiger charge is -2.40. The maximum atomic E-state index is 12.5. The number of halogens is 3. The van der Waals surface area contributed by atoms with Gasteiger partial charge in [0, 0.05) is 5.69 Å². The second kappa shape index (κ2) is 5.32. The molecule has 1 aromatic rings. The minimum Gasteiger partial charge on any atom is -0.394 e. The standard InChI is InChI=1S/C13H15F3N2O2/c14-13(15,16)9-3-1-4-10(7-9)17-11(20)18-12(8-19)5-2-6-12/h1,3-4,7,19H,2,5-6,8H2,(H2,17,18,20). The molecule has 7 heteroatoms. The Morgan fingerprint density at radius 2 is 2.05 bits per heavy atom. The third-order valence-electron chi connectivity index (χ3n) is 3.44. The molecule has 20 heavy (non-hydrogen) atoms. The maximum absolute atomic E-state index is 12.5. The van der Waals surface area contributed by atoms with E-state index in [0.29, 0.717) is 12.8 Å². The largest absolute Gasteiger partial charge is 0.416 e. The van der Waals surface area contributed by atoms with Crippen LogP contribution in [-0.2, 0) is 6.18 Å². The van der Waals surface area contributed by atoms with E-state index in [1.54, 1.807) is 0 Å². The smallest absolute Gasteiger partial charge is 0.394 e. The molecule has 0 atom stereocenters. The van der Waals surface area contributed by atoms with Crippen LogP contribution in [0.4, 0.5) is 23.7 Å². The molecule has 0 saturated heterocycles. The number of alkyl halides is 3. The van der Waals surface area contributed by atoms with Crippen LogP contribution in [0.25, 0.3) is 0 Å². The highest BCUT2D eigenvalue weighted by Crippen LogP contribution is 2.32. The van der Waals surface area contributed by atoms with Gasteiger partial charge in [-0.15, -0.1) is 0 Å². The highest BCUT2D eigenvalue weighted by Gasteiger charge is 2.37. The molecule has 0 aromatic heterocycles. The highest BCUT2D eigenvalue weighted by molar-refractivity contribution is 5.90. The molecule has 1 fully saturated rings. The summed E-state index contributed by atoms with van der Waals surface area (Å²) in [7, 11) is 0. The summed E-state index contributed by atoms with van der Waals surface area (Å²) in [5, 5.41) is 14.2. The molecule has 2 rings (SSSR count). The number of nitrogens with one attached hydrogen (secondary N) is 2. The van der Waals surface area contributed by atoms with Crippen molar-refractivity contribution in [1.29, 1.82) is 0 Å². The predicted molar refractivity (Wildman–Crippen MR) is 67.3 cm³/mol. The molecule has 3 N–H and O–H groups in total. The van der Waals surface area contributed by atoms with Crippen LogP contribution in [-0.4, -0.2) is 23.3 Å². The Balaban J connectivity index is 2.01. The van der Waals surface area contributed by atoms with Gasteiger partial charge in [0.15, 0.2) is 0 Å². The Bertz CT molecular complexity index is 493. The number of anilines is 1. The summed E-state index contributed by atoms with van der Waals surface area (Å²) >= 11 is 0. The lowest BCUT2D eigenvalue weighted by Crippen LogP contribution is -2.57. The second-order valence-corrected chi connectivity index (χ2v) is 4.95. The van der Waals surface area contributed by atoms with Gasteiger partial charge in [-0.25, -0.2) is 4.79 Å². The monoisotopic (exact) mass is 288 g/mol. The van der Waals surface area contributed by atoms with E-state index in [1.165, 1.54) is 12.1 Å². The average molecular weight is 288 g/mol. The minimum absolute atomic E-state index is 0.0599. The van der Waals surface area contributed by atoms with Gasteiger partial charge in [-0.3, -0.25) is 0 Å². The molecule has 1 aliphatic carbocycles. The number of hydrogen-bond acceptors (Lipinski definition) is 2. The van der Waals surface area contributed by atoms with Gasteiger partial charge < -0.3 is 15.7 Å². The molecule has 0 unspecified atom stereocenters. The van der Waals surface area contributed by atoms with Gasteiger partial charge in [-0.1, -0.05) is 6.07 Å². The van der Waals surface area contributed by atoms with Gasteiger partial charge in [-0.2, -0.15) is 13.2 Å². The molecule has 0 radical (unpaired) electrons. The van der Waals surface area contributed by atoms with E-state index in [4.69, 9.17) is 0 Å². The van der Waals surface area contributed by atoms with Crippen LogP contribution in [0.2, 0.25) is 0 Å². The SMILES string of the molecule is O=C(Nc1cccc(C(F)(F)F)c1)NC1(CO)CCC1. The van der Waals surface area contributed by atoms with Crippen molar-refractivity contribution < 1.29 is 23.1 Å². The fraction of sp³-hybridized carbons (Fsp3) is 0.462. The summed E-state index contributed by atoms with van der Waals surface area (Å²) in [5.41, 5.74) is -1.40. The lowest BCUT2D eigenvalue weighted by atomic mass is 9.77. The van der Waals surface area contributed by atoms with E-state index in [-0.39, 0.29) is 12.3 Å². The fourth-order valence-corrected chi connectivity index (χ4v) is 2.10. The molecule has 2 amide bonds. The normalized spacial score (nSPS) is 17.2. The average Bonchev–Trinajstić information content (AvgIpc) is 2.33. The van der Waals surface area contributed by atoms with Crippen molar-refractivity contribution >= 4 is 11.7 Å². The van der Waals surface area contributed by atoms with Gasteiger partial charge in [0.2, 0.25) is 0 Å². The van der Waals surface area contributed by atoms with E-state index in [2.05, 4.69) is 10.6 Å². The Morgan fingerprint density at radius 3 is 2.55 bits per heavy atom. The first kappa shape index (κ1) is 14.6. The molecule has 0 spiro atoms. The molecule has 4 nitrogen and oxygen atoms in total. The topological polar surface area (TPSA) is 61.4 Å². The number of aliphatic hydroxyl groups is 1. The molecule has 0 bridgehead atoms. The predicted octanol–water partition coefficient (Wildman–Crippen LogP) is 2.74. The van der Waals surface area contributed by atoms with Crippen LogP contribution in [0.15, 0.2) is 24.3 Å². The minimum atomic E-state index is -4.45. The number of urea groups is 1. The van der Waals surface area contributed by atoms with Crippen LogP contribution >= 0.6 is 0 Å². The first-order chi connectivity index (χ1) is 9.35. The summed E-state index contributed by atoms with van der Waals surface area (Å²) in [4.78, 5) is 11.7. The van der Waals surface area contributed by atoms with Crippen LogP contribution in [0.1, 0.15) is 24.8 Å². The summed E-state index contributed by atoms with van der Waals surface area (Å²) in [6, 6.07) is 3.79. The molecular weight excluding hydrogens is 273 g/mol. The molecule has 1 aromatic carbocycles. The number of carbonyl (C=O) groups is 1. The summed E-state index contributed by atoms with van der Waals surface area (Å²) < 4.78 is 37.6. The van der Waals surface area contributed by atoms with Gasteiger partial charge in [0.05, 0.1) is 17.7 Å². The molecule has 1 aliphatic rings. The maximum Gasteiger partial charge on any atom is 0.416 e. The Kier molecular flexibility index (Phi) is 3.89. The van der Waals surface area contributed by atoms with Crippen LogP contribution in [0, 0.1) is 0 Å². The van der Waals surface area contributed by atoms with Crippen molar-refractivity contribution in [2.45, 2.75) is 31.0 Å². The van der Waals surface area contributed by atoms with Crippen molar-refractivity contribution in [1.82, 2.24) is 5.32 Å². The zero-order valence-corrected chi connectivity index (χ0v) is 10.6. The molecular formula is C13H15F3N2O2. The third-order valence-corrected chi connectivity index (χ3v) is 3.44. The molecule has 1 saturated carbocycles. The van der Waals surface area contributed by atoms with Crippen molar-refractivity contribution in [2.75, 3.05) is 11.9 Å². The first-order valence-corrected chi connectivity index (χ1v) is 6.22. The summed E-state index contributed by atoms with van der Waals surface area (Å²) in [6.07, 6.45) is -2.21. The fourth-order valence-electron chi connectivity index (χ4n) is 2.10. The number of benzene rings is 1. The van der Waals surface area contributed by atoms with E-state index in [9.17, 15) is 23.1 Å². The second-order valence-electron chi connectivity index (χ2n) is 4.95. The summed E-state index contributed by atoms with van der Waals surface area (Å²) in [5.74, 6) is 0. The third kappa shape index (κ3) is 3.22. The van der Waals surface area contributed by atoms with Crippen LogP contribution in [0.5, 0.6) is 0 Å². The van der Waals surface area contributed by atoms with Crippen LogP contribution < -0.4 is 10.6 Å². The van der Waals surface area contributed by atoms with Gasteiger partial charge in [-0.05, 0) is 37.5 Å². The number of hydrogen-bond donors (Lipinski definition) is 3. The molecule has 0 aliphatic heterocycles. The van der Waals surface area contributed by atoms with E-state index < -0.39 is 23.3 Å². The number of carbonyl (C=O) groups excluding carboxylic acids is 1. The Hall–Kier alpha value is -1.76. The van der Waals surface area contributed by atoms with Gasteiger partial charge in [0.1, 0.15) is 0 Å². The van der Waals surface area contributed by atoms with E-state index in [0.717, 1.165) is 18.6 Å². The van der Waals surface area contributed by atoms with Crippen LogP contribution in [0.3, 0.4) is 0 Å². The number of amides is 2. The van der Waals surface area contributed by atoms with E-state index in [1.807, 2.05) is 0 Å². The van der Waals surface area contributed by atoms with Gasteiger partial charge >= 0.3 is 12.2 Å². The Morgan fingerprint density at radius 1 is 1.35 bits per heavy atom. The lowest BCUT2D eigenvalue weighted by molar-refractivity contribution is -0.137. The quantitative estimate of drug-likeness (QED) is 0.801.